The molecule has 1 fully saturated rings. The molecule has 1 saturated carbocycles. The number of aromatic nitrogens is 1. The van der Waals surface area contributed by atoms with Gasteiger partial charge in [0.25, 0.3) is 5.91 Å². The molecule has 0 aliphatic heterocycles. The second-order valence-corrected chi connectivity index (χ2v) is 10.2. The molecule has 34 heavy (non-hydrogen) atoms. The molecular formula is C24H33N3O6S. The number of nitrogens with one attached hydrogen (secondary N) is 1. The molecule has 1 atom stereocenters. The van der Waals surface area contributed by atoms with E-state index in [9.17, 15) is 18.4 Å². The summed E-state index contributed by atoms with van der Waals surface area (Å²) in [4.78, 5) is 17.0. The van der Waals surface area contributed by atoms with Gasteiger partial charge in [0.2, 0.25) is 10.0 Å². The molecule has 1 aliphatic rings. The molecule has 3 rings (SSSR count). The summed E-state index contributed by atoms with van der Waals surface area (Å²) in [5, 5.41) is 9.54. The van der Waals surface area contributed by atoms with Crippen LogP contribution in [0, 0.1) is 5.92 Å². The number of methoxy groups -OCH3 is 1. The number of benzene rings is 1. The molecule has 1 heterocycles. The number of amides is 1. The topological polar surface area (TPSA) is 118 Å². The van der Waals surface area contributed by atoms with E-state index in [4.69, 9.17) is 9.47 Å². The number of carbonyl (C=O) groups excluding carboxylic acids is 1. The average molecular weight is 492 g/mol. The second-order valence-electron chi connectivity index (χ2n) is 8.31. The van der Waals surface area contributed by atoms with Crippen LogP contribution in [-0.4, -0.2) is 61.2 Å². The van der Waals surface area contributed by atoms with E-state index in [-0.39, 0.29) is 23.5 Å². The Morgan fingerprint density at radius 2 is 1.79 bits per heavy atom. The van der Waals surface area contributed by atoms with Crippen molar-refractivity contribution in [3.8, 4) is 5.75 Å². The Morgan fingerprint density at radius 3 is 2.35 bits per heavy atom. The number of pyridine rings is 1. The largest absolute Gasteiger partial charge is 0.497 e. The van der Waals surface area contributed by atoms with Gasteiger partial charge in [0.15, 0.2) is 0 Å². The van der Waals surface area contributed by atoms with Gasteiger partial charge in [-0.05, 0) is 86.9 Å². The van der Waals surface area contributed by atoms with Crippen LogP contribution in [0.4, 0.5) is 0 Å². The van der Waals surface area contributed by atoms with Crippen molar-refractivity contribution < 1.29 is 27.9 Å². The van der Waals surface area contributed by atoms with Crippen LogP contribution in [-0.2, 0) is 26.0 Å². The van der Waals surface area contributed by atoms with Crippen molar-refractivity contribution in [2.45, 2.75) is 56.1 Å². The first-order valence-electron chi connectivity index (χ1n) is 11.5. The van der Waals surface area contributed by atoms with Gasteiger partial charge in [-0.2, -0.15) is 4.31 Å². The number of hydrogen-bond acceptors (Lipinski definition) is 7. The zero-order valence-corrected chi connectivity index (χ0v) is 20.4. The standard InChI is InChI=1S/C24H33N3O6S/c1-3-33-21-6-4-19(5-7-21)23(24(28)26-29)27(17-14-18-12-15-25-16-13-18)34(30,31)22-10-8-20(32-2)9-11-22/h8-13,15-16,19,21,23,29H,3-7,14,17H2,1-2H3,(H,26,28)/t19-,21-,23?. The fourth-order valence-electron chi connectivity index (χ4n) is 4.53. The fraction of sp³-hybridized carbons (Fsp3) is 0.500. The summed E-state index contributed by atoms with van der Waals surface area (Å²) in [6.07, 6.45) is 6.47. The quantitative estimate of drug-likeness (QED) is 0.367. The summed E-state index contributed by atoms with van der Waals surface area (Å²) >= 11 is 0. The van der Waals surface area contributed by atoms with Crippen LogP contribution < -0.4 is 10.2 Å². The first-order valence-corrected chi connectivity index (χ1v) is 12.9. The lowest BCUT2D eigenvalue weighted by Gasteiger charge is -2.38. The van der Waals surface area contributed by atoms with Crippen LogP contribution >= 0.6 is 0 Å². The van der Waals surface area contributed by atoms with Crippen molar-refractivity contribution in [1.82, 2.24) is 14.8 Å². The minimum Gasteiger partial charge on any atom is -0.497 e. The summed E-state index contributed by atoms with van der Waals surface area (Å²) < 4.78 is 39.7. The van der Waals surface area contributed by atoms with E-state index in [0.717, 1.165) is 18.4 Å². The predicted molar refractivity (Wildman–Crippen MR) is 126 cm³/mol. The maximum absolute atomic E-state index is 13.8. The van der Waals surface area contributed by atoms with Crippen LogP contribution in [0.3, 0.4) is 0 Å². The van der Waals surface area contributed by atoms with Crippen LogP contribution in [0.25, 0.3) is 0 Å². The molecule has 2 aromatic rings. The molecule has 186 valence electrons. The van der Waals surface area contributed by atoms with Crippen molar-refractivity contribution in [3.63, 3.8) is 0 Å². The van der Waals surface area contributed by atoms with E-state index >= 15 is 0 Å². The number of sulfonamides is 1. The number of hydroxylamine groups is 1. The molecule has 1 aliphatic carbocycles. The van der Waals surface area contributed by atoms with Crippen molar-refractivity contribution in [2.24, 2.45) is 5.92 Å². The number of hydrogen-bond donors (Lipinski definition) is 2. The molecule has 0 spiro atoms. The summed E-state index contributed by atoms with van der Waals surface area (Å²) in [5.74, 6) is -0.456. The molecule has 1 amide bonds. The van der Waals surface area contributed by atoms with Gasteiger partial charge in [-0.25, -0.2) is 13.9 Å². The Hall–Kier alpha value is -2.53. The minimum atomic E-state index is -4.06. The summed E-state index contributed by atoms with van der Waals surface area (Å²) in [6, 6.07) is 8.65. The maximum Gasteiger partial charge on any atom is 0.262 e. The Morgan fingerprint density at radius 1 is 1.15 bits per heavy atom. The molecule has 0 saturated heterocycles. The van der Waals surface area contributed by atoms with Gasteiger partial charge >= 0.3 is 0 Å². The lowest BCUT2D eigenvalue weighted by molar-refractivity contribution is -0.136. The normalized spacial score (nSPS) is 19.5. The molecule has 0 bridgehead atoms. The molecular weight excluding hydrogens is 458 g/mol. The predicted octanol–water partition coefficient (Wildman–Crippen LogP) is 2.79. The van der Waals surface area contributed by atoms with Gasteiger partial charge in [0, 0.05) is 25.5 Å². The first-order chi connectivity index (χ1) is 16.4. The Labute approximate surface area is 201 Å². The Balaban J connectivity index is 1.95. The van der Waals surface area contributed by atoms with Crippen molar-refractivity contribution in [1.29, 1.82) is 0 Å². The van der Waals surface area contributed by atoms with Gasteiger partial charge in [0.05, 0.1) is 18.1 Å². The average Bonchev–Trinajstić information content (AvgIpc) is 2.87. The Kier molecular flexibility index (Phi) is 9.40. The molecule has 9 nitrogen and oxygen atoms in total. The molecule has 0 radical (unpaired) electrons. The van der Waals surface area contributed by atoms with Crippen LogP contribution in [0.15, 0.2) is 53.7 Å². The van der Waals surface area contributed by atoms with Crippen molar-refractivity contribution in [2.75, 3.05) is 20.3 Å². The highest BCUT2D eigenvalue weighted by molar-refractivity contribution is 7.89. The first kappa shape index (κ1) is 26.1. The van der Waals surface area contributed by atoms with Crippen LogP contribution in [0.5, 0.6) is 5.75 Å². The van der Waals surface area contributed by atoms with E-state index in [1.165, 1.54) is 23.5 Å². The maximum atomic E-state index is 13.8. The lowest BCUT2D eigenvalue weighted by atomic mass is 9.82. The SMILES string of the molecule is CCO[C@H]1CC[C@H](C(C(=O)NO)N(CCc2ccncc2)S(=O)(=O)c2ccc(OC)cc2)CC1. The number of nitrogens with zero attached hydrogens (tertiary/aromatic N) is 2. The molecule has 1 aromatic carbocycles. The van der Waals surface area contributed by atoms with Crippen molar-refractivity contribution >= 4 is 15.9 Å². The van der Waals surface area contributed by atoms with E-state index in [2.05, 4.69) is 4.98 Å². The molecule has 1 aromatic heterocycles. The summed E-state index contributed by atoms with van der Waals surface area (Å²) in [5.41, 5.74) is 2.61. The Bertz CT molecular complexity index is 1010. The smallest absolute Gasteiger partial charge is 0.262 e. The van der Waals surface area contributed by atoms with Gasteiger partial charge in [-0.1, -0.05) is 0 Å². The third-order valence-corrected chi connectivity index (χ3v) is 8.19. The van der Waals surface area contributed by atoms with E-state index in [1.807, 2.05) is 19.1 Å². The highest BCUT2D eigenvalue weighted by Gasteiger charge is 2.42. The summed E-state index contributed by atoms with van der Waals surface area (Å²) in [6.45, 7) is 2.62. The second kappa shape index (κ2) is 12.3. The van der Waals surface area contributed by atoms with Gasteiger partial charge in [-0.15, -0.1) is 0 Å². The minimum absolute atomic E-state index is 0.0572. The fourth-order valence-corrected chi connectivity index (χ4v) is 6.18. The van der Waals surface area contributed by atoms with Gasteiger partial charge in [-0.3, -0.25) is 15.0 Å². The van der Waals surface area contributed by atoms with Crippen LogP contribution in [0.2, 0.25) is 0 Å². The van der Waals surface area contributed by atoms with Crippen molar-refractivity contribution in [3.05, 3.63) is 54.4 Å². The van der Waals surface area contributed by atoms with E-state index in [0.29, 0.717) is 31.6 Å². The van der Waals surface area contributed by atoms with Gasteiger partial charge in [0.1, 0.15) is 11.8 Å². The summed E-state index contributed by atoms with van der Waals surface area (Å²) in [7, 11) is -2.56. The molecule has 1 unspecified atom stereocenters. The van der Waals surface area contributed by atoms with E-state index in [1.54, 1.807) is 30.0 Å². The third kappa shape index (κ3) is 6.32. The highest BCUT2D eigenvalue weighted by Crippen LogP contribution is 2.34. The number of ether oxygens (including phenoxy) is 2. The highest BCUT2D eigenvalue weighted by atomic mass is 32.2. The van der Waals surface area contributed by atoms with Gasteiger partial charge < -0.3 is 9.47 Å². The van der Waals surface area contributed by atoms with E-state index < -0.39 is 22.0 Å². The lowest BCUT2D eigenvalue weighted by Crippen LogP contribution is -2.54. The number of carbonyl (C=O) groups is 1. The van der Waals surface area contributed by atoms with Crippen LogP contribution in [0.1, 0.15) is 38.2 Å². The molecule has 2 N–H and O–H groups in total. The third-order valence-electron chi connectivity index (χ3n) is 6.29. The zero-order chi connectivity index (χ0) is 24.6. The zero-order valence-electron chi connectivity index (χ0n) is 19.6. The molecule has 10 heteroatoms. The number of rotatable bonds is 11. The monoisotopic (exact) mass is 491 g/mol.